The van der Waals surface area contributed by atoms with Crippen LogP contribution < -0.4 is 5.32 Å². The summed E-state index contributed by atoms with van der Waals surface area (Å²) in [6.45, 7) is 1.35. The summed E-state index contributed by atoms with van der Waals surface area (Å²) in [6.07, 6.45) is 1.24. The van der Waals surface area contributed by atoms with Crippen LogP contribution in [0.4, 0.5) is 0 Å². The van der Waals surface area contributed by atoms with E-state index in [1.807, 2.05) is 11.8 Å². The average molecular weight is 147 g/mol. The molecule has 0 aromatic rings. The summed E-state index contributed by atoms with van der Waals surface area (Å²) in [5.41, 5.74) is 0. The molecule has 1 fully saturated rings. The summed E-state index contributed by atoms with van der Waals surface area (Å²) >= 11 is 1.93. The maximum atomic E-state index is 8.74. The third kappa shape index (κ3) is 2.56. The Morgan fingerprint density at radius 2 is 2.56 bits per heavy atom. The monoisotopic (exact) mass is 147 g/mol. The summed E-state index contributed by atoms with van der Waals surface area (Å²) in [6, 6.07) is 0.345. The van der Waals surface area contributed by atoms with Crippen molar-refractivity contribution >= 4 is 11.8 Å². The molecular weight excluding hydrogens is 134 g/mol. The van der Waals surface area contributed by atoms with Crippen molar-refractivity contribution in [2.45, 2.75) is 12.5 Å². The van der Waals surface area contributed by atoms with E-state index in [4.69, 9.17) is 5.11 Å². The minimum Gasteiger partial charge on any atom is -0.395 e. The molecule has 1 aliphatic rings. The largest absolute Gasteiger partial charge is 0.395 e. The van der Waals surface area contributed by atoms with Crippen molar-refractivity contribution in [3.05, 3.63) is 0 Å². The van der Waals surface area contributed by atoms with Gasteiger partial charge in [0.2, 0.25) is 0 Å². The molecule has 0 spiro atoms. The van der Waals surface area contributed by atoms with Gasteiger partial charge in [-0.1, -0.05) is 0 Å². The van der Waals surface area contributed by atoms with Crippen LogP contribution >= 0.6 is 11.8 Å². The van der Waals surface area contributed by atoms with E-state index in [-0.39, 0.29) is 6.61 Å². The summed E-state index contributed by atoms with van der Waals surface area (Å²) in [5.74, 6) is 2.31. The number of rotatable bonds is 1. The molecule has 0 radical (unpaired) electrons. The predicted octanol–water partition coefficient (Wildman–Crippen LogP) is 0.0738. The third-order valence-corrected chi connectivity index (χ3v) is 2.65. The van der Waals surface area contributed by atoms with Gasteiger partial charge in [0.1, 0.15) is 0 Å². The van der Waals surface area contributed by atoms with Crippen LogP contribution in [0.25, 0.3) is 0 Å². The third-order valence-electron chi connectivity index (χ3n) is 1.44. The van der Waals surface area contributed by atoms with E-state index in [1.54, 1.807) is 0 Å². The molecule has 54 valence electrons. The zero-order valence-corrected chi connectivity index (χ0v) is 6.28. The Kier molecular flexibility index (Phi) is 3.40. The molecule has 2 N–H and O–H groups in total. The van der Waals surface area contributed by atoms with Crippen molar-refractivity contribution in [3.8, 4) is 0 Å². The Labute approximate surface area is 60.0 Å². The summed E-state index contributed by atoms with van der Waals surface area (Å²) in [5, 5.41) is 12.0. The van der Waals surface area contributed by atoms with Crippen molar-refractivity contribution in [2.75, 3.05) is 24.7 Å². The van der Waals surface area contributed by atoms with Gasteiger partial charge in [-0.3, -0.25) is 0 Å². The number of hydrogen-bond acceptors (Lipinski definition) is 3. The van der Waals surface area contributed by atoms with Gasteiger partial charge in [0.05, 0.1) is 6.61 Å². The molecular formula is C6H13NOS. The molecule has 0 aliphatic carbocycles. The molecule has 3 heteroatoms. The van der Waals surface area contributed by atoms with Crippen molar-refractivity contribution < 1.29 is 5.11 Å². The van der Waals surface area contributed by atoms with E-state index in [9.17, 15) is 0 Å². The molecule has 1 unspecified atom stereocenters. The molecule has 0 saturated carbocycles. The highest BCUT2D eigenvalue weighted by atomic mass is 32.2. The fourth-order valence-electron chi connectivity index (χ4n) is 0.882. The lowest BCUT2D eigenvalue weighted by Gasteiger charge is -2.09. The molecule has 9 heavy (non-hydrogen) atoms. The molecule has 2 nitrogen and oxygen atoms in total. The van der Waals surface area contributed by atoms with E-state index < -0.39 is 0 Å². The minimum absolute atomic E-state index is 0.285. The van der Waals surface area contributed by atoms with Gasteiger partial charge in [-0.05, 0) is 18.7 Å². The Morgan fingerprint density at radius 1 is 1.67 bits per heavy atom. The van der Waals surface area contributed by atoms with Crippen LogP contribution in [-0.4, -0.2) is 35.8 Å². The summed E-state index contributed by atoms with van der Waals surface area (Å²) < 4.78 is 0. The van der Waals surface area contributed by atoms with Crippen LogP contribution in [0.2, 0.25) is 0 Å². The van der Waals surface area contributed by atoms with Crippen molar-refractivity contribution in [3.63, 3.8) is 0 Å². The Balaban J connectivity index is 2.18. The first-order valence-electron chi connectivity index (χ1n) is 3.35. The first-order valence-corrected chi connectivity index (χ1v) is 4.51. The second-order valence-electron chi connectivity index (χ2n) is 2.26. The van der Waals surface area contributed by atoms with E-state index in [0.29, 0.717) is 6.04 Å². The second kappa shape index (κ2) is 4.14. The maximum absolute atomic E-state index is 8.74. The number of nitrogens with one attached hydrogen (secondary N) is 1. The van der Waals surface area contributed by atoms with Gasteiger partial charge in [-0.15, -0.1) is 0 Å². The van der Waals surface area contributed by atoms with E-state index in [2.05, 4.69) is 5.32 Å². The summed E-state index contributed by atoms with van der Waals surface area (Å²) in [4.78, 5) is 0. The predicted molar refractivity (Wildman–Crippen MR) is 40.8 cm³/mol. The molecule has 0 aromatic heterocycles. The van der Waals surface area contributed by atoms with Crippen LogP contribution in [0.3, 0.4) is 0 Å². The SMILES string of the molecule is OCC1CSCCCN1. The molecule has 0 amide bonds. The molecule has 1 saturated heterocycles. The Hall–Kier alpha value is 0.270. The van der Waals surface area contributed by atoms with Crippen molar-refractivity contribution in [1.29, 1.82) is 0 Å². The second-order valence-corrected chi connectivity index (χ2v) is 3.41. The molecule has 1 aliphatic heterocycles. The van der Waals surface area contributed by atoms with Gasteiger partial charge in [0.25, 0.3) is 0 Å². The van der Waals surface area contributed by atoms with E-state index >= 15 is 0 Å². The highest BCUT2D eigenvalue weighted by Crippen LogP contribution is 2.07. The number of hydrogen-bond donors (Lipinski definition) is 2. The summed E-state index contributed by atoms with van der Waals surface area (Å²) in [7, 11) is 0. The highest BCUT2D eigenvalue weighted by Gasteiger charge is 2.08. The minimum atomic E-state index is 0.285. The topological polar surface area (TPSA) is 32.3 Å². The van der Waals surface area contributed by atoms with Crippen LogP contribution in [0.15, 0.2) is 0 Å². The maximum Gasteiger partial charge on any atom is 0.0592 e. The number of thioether (sulfide) groups is 1. The van der Waals surface area contributed by atoms with E-state index in [0.717, 1.165) is 12.3 Å². The van der Waals surface area contributed by atoms with Gasteiger partial charge in [-0.25, -0.2) is 0 Å². The molecule has 1 rings (SSSR count). The quantitative estimate of drug-likeness (QED) is 0.550. The molecule has 1 atom stereocenters. The van der Waals surface area contributed by atoms with Crippen LogP contribution in [0.1, 0.15) is 6.42 Å². The average Bonchev–Trinajstić information content (AvgIpc) is 2.13. The smallest absolute Gasteiger partial charge is 0.0592 e. The normalized spacial score (nSPS) is 29.7. The fourth-order valence-corrected chi connectivity index (χ4v) is 1.91. The standard InChI is InChI=1S/C6H13NOS/c8-4-6-5-9-3-1-2-7-6/h6-8H,1-5H2. The number of aliphatic hydroxyl groups is 1. The Bertz CT molecular complexity index is 71.5. The lowest BCUT2D eigenvalue weighted by atomic mass is 10.3. The lowest BCUT2D eigenvalue weighted by Crippen LogP contribution is -2.33. The molecule has 1 heterocycles. The zero-order chi connectivity index (χ0) is 6.53. The van der Waals surface area contributed by atoms with E-state index in [1.165, 1.54) is 12.2 Å². The van der Waals surface area contributed by atoms with Crippen molar-refractivity contribution in [1.82, 2.24) is 5.32 Å². The van der Waals surface area contributed by atoms with Gasteiger partial charge >= 0.3 is 0 Å². The molecule has 0 bridgehead atoms. The van der Waals surface area contributed by atoms with Gasteiger partial charge in [0.15, 0.2) is 0 Å². The van der Waals surface area contributed by atoms with Crippen LogP contribution in [0.5, 0.6) is 0 Å². The highest BCUT2D eigenvalue weighted by molar-refractivity contribution is 7.99. The first-order chi connectivity index (χ1) is 4.43. The molecule has 0 aromatic carbocycles. The fraction of sp³-hybridized carbons (Fsp3) is 1.00. The Morgan fingerprint density at radius 3 is 3.33 bits per heavy atom. The lowest BCUT2D eigenvalue weighted by molar-refractivity contribution is 0.255. The first kappa shape index (κ1) is 7.38. The van der Waals surface area contributed by atoms with Crippen LogP contribution in [0, 0.1) is 0 Å². The number of aliphatic hydroxyl groups excluding tert-OH is 1. The van der Waals surface area contributed by atoms with Gasteiger partial charge in [0, 0.05) is 11.8 Å². The van der Waals surface area contributed by atoms with Gasteiger partial charge in [-0.2, -0.15) is 11.8 Å². The zero-order valence-electron chi connectivity index (χ0n) is 5.47. The van der Waals surface area contributed by atoms with Crippen molar-refractivity contribution in [2.24, 2.45) is 0 Å². The van der Waals surface area contributed by atoms with Gasteiger partial charge < -0.3 is 10.4 Å². The van der Waals surface area contributed by atoms with Crippen LogP contribution in [-0.2, 0) is 0 Å².